The normalized spacial score (nSPS) is 13.7. The number of methoxy groups -OCH3 is 2. The van der Waals surface area contributed by atoms with Crippen LogP contribution in [0.3, 0.4) is 0 Å². The number of benzene rings is 2. The summed E-state index contributed by atoms with van der Waals surface area (Å²) in [6.07, 6.45) is 4.25. The highest BCUT2D eigenvalue weighted by molar-refractivity contribution is 5.93. The summed E-state index contributed by atoms with van der Waals surface area (Å²) >= 11 is 0. The van der Waals surface area contributed by atoms with E-state index in [1.165, 1.54) is 0 Å². The molecule has 0 atom stereocenters. The van der Waals surface area contributed by atoms with Gasteiger partial charge in [0.15, 0.2) is 11.5 Å². The van der Waals surface area contributed by atoms with Crippen molar-refractivity contribution in [1.29, 1.82) is 0 Å². The molecule has 0 aromatic heterocycles. The first-order chi connectivity index (χ1) is 19.1. The van der Waals surface area contributed by atoms with E-state index >= 15 is 0 Å². The van der Waals surface area contributed by atoms with Crippen molar-refractivity contribution in [2.75, 3.05) is 45.4 Å². The zero-order chi connectivity index (χ0) is 29.1. The monoisotopic (exact) mass is 555 g/mol. The molecule has 9 nitrogen and oxygen atoms in total. The van der Waals surface area contributed by atoms with Crippen LogP contribution < -0.4 is 24.4 Å². The maximum absolute atomic E-state index is 13.6. The van der Waals surface area contributed by atoms with Crippen molar-refractivity contribution in [3.63, 3.8) is 0 Å². The van der Waals surface area contributed by atoms with Crippen molar-refractivity contribution < 1.29 is 28.5 Å². The third kappa shape index (κ3) is 8.96. The summed E-state index contributed by atoms with van der Waals surface area (Å²) in [5.74, 6) is 2.03. The van der Waals surface area contributed by atoms with Crippen LogP contribution in [0.1, 0.15) is 64.5 Å². The highest BCUT2D eigenvalue weighted by Crippen LogP contribution is 2.34. The molecule has 0 unspecified atom stereocenters. The van der Waals surface area contributed by atoms with Crippen LogP contribution in [0.25, 0.3) is 0 Å². The fraction of sp³-hybridized carbons (Fsp3) is 0.548. The molecule has 9 heteroatoms. The number of carbonyl (C=O) groups is 2. The minimum absolute atomic E-state index is 0.0546. The zero-order valence-electron chi connectivity index (χ0n) is 24.9. The summed E-state index contributed by atoms with van der Waals surface area (Å²) in [5, 5.41) is 2.78. The Bertz CT molecular complexity index is 1130. The lowest BCUT2D eigenvalue weighted by Crippen LogP contribution is -2.49. The van der Waals surface area contributed by atoms with Gasteiger partial charge in [-0.15, -0.1) is 0 Å². The molecule has 1 aliphatic heterocycles. The van der Waals surface area contributed by atoms with Crippen molar-refractivity contribution >= 4 is 17.8 Å². The summed E-state index contributed by atoms with van der Waals surface area (Å²) in [4.78, 5) is 29.1. The lowest BCUT2D eigenvalue weighted by atomic mass is 10.1. The van der Waals surface area contributed by atoms with Crippen LogP contribution in [-0.2, 0) is 17.7 Å². The summed E-state index contributed by atoms with van der Waals surface area (Å²) in [6.45, 7) is 10.5. The fourth-order valence-corrected chi connectivity index (χ4v) is 4.55. The number of hydrogen-bond donors (Lipinski definition) is 1. The maximum atomic E-state index is 13.6. The van der Waals surface area contributed by atoms with Gasteiger partial charge in [-0.1, -0.05) is 31.9 Å². The quantitative estimate of drug-likeness (QED) is 0.297. The van der Waals surface area contributed by atoms with Gasteiger partial charge in [0.05, 0.1) is 27.4 Å². The maximum Gasteiger partial charge on any atom is 0.407 e. The molecule has 3 amide bonds. The van der Waals surface area contributed by atoms with Gasteiger partial charge in [-0.3, -0.25) is 4.90 Å². The largest absolute Gasteiger partial charge is 0.496 e. The van der Waals surface area contributed by atoms with E-state index in [2.05, 4.69) is 12.2 Å². The topological polar surface area (TPSA) is 89.6 Å². The predicted octanol–water partition coefficient (Wildman–Crippen LogP) is 6.17. The molecule has 1 aliphatic rings. The Kier molecular flexibility index (Phi) is 11.3. The van der Waals surface area contributed by atoms with E-state index in [0.717, 1.165) is 42.5 Å². The van der Waals surface area contributed by atoms with E-state index in [4.69, 9.17) is 18.9 Å². The predicted molar refractivity (Wildman–Crippen MR) is 157 cm³/mol. The molecule has 2 aromatic rings. The van der Waals surface area contributed by atoms with E-state index < -0.39 is 11.7 Å². The average Bonchev–Trinajstić information content (AvgIpc) is 2.92. The molecule has 0 bridgehead atoms. The van der Waals surface area contributed by atoms with Gasteiger partial charge in [0.25, 0.3) is 0 Å². The molecule has 0 aliphatic carbocycles. The number of ether oxygens (including phenoxy) is 4. The van der Waals surface area contributed by atoms with Crippen molar-refractivity contribution in [2.24, 2.45) is 0 Å². The SMILES string of the molecule is CCCCCOc1cc(N2CCCN(Cc3ccc(CCNC(=O)OC(C)(C)C)cc3OC)C2=O)ccc1OC. The van der Waals surface area contributed by atoms with Crippen molar-refractivity contribution in [2.45, 2.75) is 71.9 Å². The second-order valence-corrected chi connectivity index (χ2v) is 10.9. The minimum Gasteiger partial charge on any atom is -0.496 e. The molecule has 0 spiro atoms. The van der Waals surface area contributed by atoms with E-state index in [1.807, 2.05) is 62.1 Å². The number of nitrogens with zero attached hydrogens (tertiary/aromatic N) is 2. The molecule has 1 saturated heterocycles. The van der Waals surface area contributed by atoms with Gasteiger partial charge in [0.2, 0.25) is 0 Å². The minimum atomic E-state index is -0.534. The first kappa shape index (κ1) is 30.9. The zero-order valence-corrected chi connectivity index (χ0v) is 24.9. The van der Waals surface area contributed by atoms with Gasteiger partial charge in [-0.05, 0) is 63.8 Å². The number of anilines is 1. The van der Waals surface area contributed by atoms with Crippen molar-refractivity contribution in [1.82, 2.24) is 10.2 Å². The summed E-state index contributed by atoms with van der Waals surface area (Å²) < 4.78 is 22.4. The molecule has 0 saturated carbocycles. The molecule has 40 heavy (non-hydrogen) atoms. The van der Waals surface area contributed by atoms with Gasteiger partial charge in [0.1, 0.15) is 11.4 Å². The Morgan fingerprint density at radius 3 is 2.45 bits per heavy atom. The Morgan fingerprint density at radius 1 is 0.975 bits per heavy atom. The second-order valence-electron chi connectivity index (χ2n) is 10.9. The highest BCUT2D eigenvalue weighted by Gasteiger charge is 2.28. The third-order valence-corrected chi connectivity index (χ3v) is 6.57. The smallest absolute Gasteiger partial charge is 0.407 e. The number of nitrogens with one attached hydrogen (secondary N) is 1. The van der Waals surface area contributed by atoms with Gasteiger partial charge < -0.3 is 29.2 Å². The number of rotatable bonds is 13. The number of urea groups is 1. The molecule has 1 heterocycles. The lowest BCUT2D eigenvalue weighted by Gasteiger charge is -2.36. The van der Waals surface area contributed by atoms with Gasteiger partial charge in [0, 0.05) is 37.0 Å². The highest BCUT2D eigenvalue weighted by atomic mass is 16.6. The first-order valence-electron chi connectivity index (χ1n) is 14.1. The van der Waals surface area contributed by atoms with Gasteiger partial charge >= 0.3 is 12.1 Å². The Hall–Kier alpha value is -3.62. The Morgan fingerprint density at radius 2 is 1.75 bits per heavy atom. The van der Waals surface area contributed by atoms with Crippen molar-refractivity contribution in [3.8, 4) is 17.2 Å². The molecular formula is C31H45N3O6. The molecule has 1 fully saturated rings. The van der Waals surface area contributed by atoms with E-state index in [1.54, 1.807) is 19.1 Å². The molecule has 1 N–H and O–H groups in total. The number of amides is 3. The summed E-state index contributed by atoms with van der Waals surface area (Å²) in [5.41, 5.74) is 2.21. The van der Waals surface area contributed by atoms with Crippen LogP contribution in [-0.4, -0.2) is 63.1 Å². The van der Waals surface area contributed by atoms with E-state index in [0.29, 0.717) is 56.5 Å². The van der Waals surface area contributed by atoms with Crippen LogP contribution in [0.15, 0.2) is 36.4 Å². The van der Waals surface area contributed by atoms with Crippen LogP contribution in [0, 0.1) is 0 Å². The van der Waals surface area contributed by atoms with Crippen LogP contribution in [0.4, 0.5) is 15.3 Å². The number of unbranched alkanes of at least 4 members (excludes halogenated alkanes) is 2. The average molecular weight is 556 g/mol. The fourth-order valence-electron chi connectivity index (χ4n) is 4.55. The molecule has 0 radical (unpaired) electrons. The second kappa shape index (κ2) is 14.7. The number of alkyl carbamates (subject to hydrolysis) is 1. The Balaban J connectivity index is 1.65. The summed E-state index contributed by atoms with van der Waals surface area (Å²) in [7, 11) is 3.25. The van der Waals surface area contributed by atoms with E-state index in [9.17, 15) is 9.59 Å². The van der Waals surface area contributed by atoms with E-state index in [-0.39, 0.29) is 6.03 Å². The standard InChI is InChI=1S/C31H45N3O6/c1-7-8-9-19-39-28-21-25(13-14-26(28)37-5)34-18-10-17-33(30(34)36)22-24-12-11-23(20-27(24)38-6)15-16-32-29(35)40-31(2,3)4/h11-14,20-21H,7-10,15-19,22H2,1-6H3,(H,32,35). The van der Waals surface area contributed by atoms with Gasteiger partial charge in [-0.2, -0.15) is 0 Å². The number of carbonyl (C=O) groups excluding carboxylic acids is 2. The number of hydrogen-bond acceptors (Lipinski definition) is 6. The first-order valence-corrected chi connectivity index (χ1v) is 14.1. The Labute approximate surface area is 238 Å². The molecular weight excluding hydrogens is 510 g/mol. The summed E-state index contributed by atoms with van der Waals surface area (Å²) in [6, 6.07) is 11.6. The lowest BCUT2D eigenvalue weighted by molar-refractivity contribution is 0.0528. The van der Waals surface area contributed by atoms with Crippen LogP contribution >= 0.6 is 0 Å². The van der Waals surface area contributed by atoms with Gasteiger partial charge in [-0.25, -0.2) is 9.59 Å². The molecule has 220 valence electrons. The third-order valence-electron chi connectivity index (χ3n) is 6.57. The molecule has 2 aromatic carbocycles. The van der Waals surface area contributed by atoms with Crippen LogP contribution in [0.5, 0.6) is 17.2 Å². The van der Waals surface area contributed by atoms with Crippen molar-refractivity contribution in [3.05, 3.63) is 47.5 Å². The van der Waals surface area contributed by atoms with Crippen LogP contribution in [0.2, 0.25) is 0 Å². The molecule has 3 rings (SSSR count).